The van der Waals surface area contributed by atoms with Gasteiger partial charge in [0.1, 0.15) is 0 Å². The van der Waals surface area contributed by atoms with Crippen LogP contribution in [-0.4, -0.2) is 45.9 Å². The van der Waals surface area contributed by atoms with Crippen LogP contribution in [0.5, 0.6) is 0 Å². The Morgan fingerprint density at radius 3 is 2.62 bits per heavy atom. The molecule has 0 radical (unpaired) electrons. The number of urea groups is 1. The van der Waals surface area contributed by atoms with E-state index in [-0.39, 0.29) is 18.9 Å². The monoisotopic (exact) mass is 297 g/mol. The van der Waals surface area contributed by atoms with Crippen molar-refractivity contribution in [3.8, 4) is 0 Å². The maximum absolute atomic E-state index is 11.6. The number of rotatable bonds is 7. The third-order valence-corrected chi connectivity index (χ3v) is 2.59. The van der Waals surface area contributed by atoms with Gasteiger partial charge in [-0.1, -0.05) is 0 Å². The Morgan fingerprint density at radius 2 is 2.10 bits per heavy atom. The Hall–Kier alpha value is -2.58. The van der Waals surface area contributed by atoms with Crippen LogP contribution in [0.25, 0.3) is 0 Å². The first-order valence-electron chi connectivity index (χ1n) is 6.46. The predicted octanol–water partition coefficient (Wildman–Crippen LogP) is -0.629. The van der Waals surface area contributed by atoms with Crippen LogP contribution in [0.2, 0.25) is 0 Å². The Kier molecular flexibility index (Phi) is 6.18. The summed E-state index contributed by atoms with van der Waals surface area (Å²) in [4.78, 5) is 34.0. The number of aliphatic carboxylic acids is 1. The molecule has 3 amide bonds. The summed E-state index contributed by atoms with van der Waals surface area (Å²) in [7, 11) is 1.65. The Balaban J connectivity index is 2.47. The highest BCUT2D eigenvalue weighted by molar-refractivity contribution is 5.84. The number of hydrogen-bond donors (Lipinski definition) is 4. The lowest BCUT2D eigenvalue weighted by Gasteiger charge is -2.13. The summed E-state index contributed by atoms with van der Waals surface area (Å²) in [6.07, 6.45) is 3.01. The molecule has 1 atom stereocenters. The van der Waals surface area contributed by atoms with E-state index in [0.717, 1.165) is 0 Å². The first kappa shape index (κ1) is 16.5. The van der Waals surface area contributed by atoms with Gasteiger partial charge in [0.15, 0.2) is 6.04 Å². The van der Waals surface area contributed by atoms with Crippen molar-refractivity contribution >= 4 is 17.9 Å². The van der Waals surface area contributed by atoms with Gasteiger partial charge < -0.3 is 21.1 Å². The van der Waals surface area contributed by atoms with Gasteiger partial charge in [-0.2, -0.15) is 5.10 Å². The van der Waals surface area contributed by atoms with Crippen molar-refractivity contribution in [1.82, 2.24) is 25.7 Å². The van der Waals surface area contributed by atoms with Crippen molar-refractivity contribution in [1.29, 1.82) is 0 Å². The molecule has 4 N–H and O–H groups in total. The van der Waals surface area contributed by atoms with E-state index in [0.29, 0.717) is 12.1 Å². The number of carboxylic acids is 1. The van der Waals surface area contributed by atoms with E-state index in [9.17, 15) is 14.4 Å². The van der Waals surface area contributed by atoms with Crippen LogP contribution in [0.15, 0.2) is 12.4 Å². The van der Waals surface area contributed by atoms with Crippen LogP contribution in [-0.2, 0) is 16.6 Å². The minimum absolute atomic E-state index is 0.122. The molecule has 9 heteroatoms. The SMILES string of the molecule is CCNC(=O)CCNC(=O)NC(C(=O)O)c1cnn(C)c1. The second-order valence-corrected chi connectivity index (χ2v) is 4.32. The normalized spacial score (nSPS) is 11.5. The van der Waals surface area contributed by atoms with Gasteiger partial charge in [-0.25, -0.2) is 9.59 Å². The number of hydrogen-bond acceptors (Lipinski definition) is 4. The molecule has 0 spiro atoms. The van der Waals surface area contributed by atoms with Gasteiger partial charge >= 0.3 is 12.0 Å². The number of carboxylic acid groups (broad SMARTS) is 1. The van der Waals surface area contributed by atoms with Crippen molar-refractivity contribution in [2.24, 2.45) is 7.05 Å². The van der Waals surface area contributed by atoms with Crippen molar-refractivity contribution in [3.63, 3.8) is 0 Å². The number of nitrogens with zero attached hydrogens (tertiary/aromatic N) is 2. The minimum atomic E-state index is -1.19. The second-order valence-electron chi connectivity index (χ2n) is 4.32. The van der Waals surface area contributed by atoms with Gasteiger partial charge in [-0.3, -0.25) is 9.48 Å². The molecule has 21 heavy (non-hydrogen) atoms. The molecule has 0 fully saturated rings. The van der Waals surface area contributed by atoms with Gasteiger partial charge in [0.05, 0.1) is 6.20 Å². The molecule has 0 aliphatic heterocycles. The molecule has 0 aliphatic carbocycles. The van der Waals surface area contributed by atoms with Crippen LogP contribution in [0.3, 0.4) is 0 Å². The lowest BCUT2D eigenvalue weighted by molar-refractivity contribution is -0.139. The first-order valence-corrected chi connectivity index (χ1v) is 6.46. The third-order valence-electron chi connectivity index (χ3n) is 2.59. The van der Waals surface area contributed by atoms with Crippen molar-refractivity contribution in [2.45, 2.75) is 19.4 Å². The molecule has 0 saturated heterocycles. The predicted molar refractivity (Wildman–Crippen MR) is 73.4 cm³/mol. The van der Waals surface area contributed by atoms with Crippen molar-refractivity contribution in [3.05, 3.63) is 18.0 Å². The zero-order chi connectivity index (χ0) is 15.8. The molecule has 9 nitrogen and oxygen atoms in total. The van der Waals surface area contributed by atoms with Gasteiger partial charge in [0.2, 0.25) is 5.91 Å². The standard InChI is InChI=1S/C12H19N5O4/c1-3-13-9(18)4-5-14-12(21)16-10(11(19)20)8-6-15-17(2)7-8/h6-7,10H,3-5H2,1-2H3,(H,13,18)(H,19,20)(H2,14,16,21). The number of amides is 3. The number of aromatic nitrogens is 2. The molecule has 1 unspecified atom stereocenters. The molecule has 0 saturated carbocycles. The largest absolute Gasteiger partial charge is 0.479 e. The summed E-state index contributed by atoms with van der Waals surface area (Å²) in [5.74, 6) is -1.37. The van der Waals surface area contributed by atoms with Crippen molar-refractivity contribution < 1.29 is 19.5 Å². The lowest BCUT2D eigenvalue weighted by atomic mass is 10.1. The first-order chi connectivity index (χ1) is 9.93. The molecule has 116 valence electrons. The third kappa shape index (κ3) is 5.51. The summed E-state index contributed by atoms with van der Waals surface area (Å²) >= 11 is 0. The topological polar surface area (TPSA) is 125 Å². The van der Waals surface area contributed by atoms with E-state index < -0.39 is 18.0 Å². The highest BCUT2D eigenvalue weighted by Gasteiger charge is 2.23. The highest BCUT2D eigenvalue weighted by atomic mass is 16.4. The molecule has 1 aromatic heterocycles. The maximum atomic E-state index is 11.6. The highest BCUT2D eigenvalue weighted by Crippen LogP contribution is 2.11. The van der Waals surface area contributed by atoms with E-state index >= 15 is 0 Å². The van der Waals surface area contributed by atoms with Crippen LogP contribution < -0.4 is 16.0 Å². The molecule has 1 aromatic rings. The fourth-order valence-electron chi connectivity index (χ4n) is 1.63. The fourth-order valence-corrected chi connectivity index (χ4v) is 1.63. The van der Waals surface area contributed by atoms with E-state index in [4.69, 9.17) is 5.11 Å². The number of carbonyl (C=O) groups excluding carboxylic acids is 2. The smallest absolute Gasteiger partial charge is 0.331 e. The summed E-state index contributed by atoms with van der Waals surface area (Å²) in [6, 6.07) is -1.85. The van der Waals surface area contributed by atoms with Crippen LogP contribution in [0, 0.1) is 0 Å². The molecule has 1 rings (SSSR count). The van der Waals surface area contributed by atoms with E-state index in [1.807, 2.05) is 0 Å². The molecule has 0 bridgehead atoms. The summed E-state index contributed by atoms with van der Waals surface area (Å²) in [5, 5.41) is 20.3. The number of nitrogens with one attached hydrogen (secondary N) is 3. The van der Waals surface area contributed by atoms with E-state index in [1.165, 1.54) is 17.1 Å². The van der Waals surface area contributed by atoms with Crippen molar-refractivity contribution in [2.75, 3.05) is 13.1 Å². The zero-order valence-electron chi connectivity index (χ0n) is 11.9. The molecule has 0 aromatic carbocycles. The fraction of sp³-hybridized carbons (Fsp3) is 0.500. The van der Waals surface area contributed by atoms with Gasteiger partial charge in [-0.15, -0.1) is 0 Å². The second kappa shape index (κ2) is 7.88. The minimum Gasteiger partial charge on any atom is -0.479 e. The van der Waals surface area contributed by atoms with Gasteiger partial charge in [0, 0.05) is 38.3 Å². The number of aryl methyl sites for hydroxylation is 1. The van der Waals surface area contributed by atoms with Crippen LogP contribution >= 0.6 is 0 Å². The van der Waals surface area contributed by atoms with E-state index in [1.54, 1.807) is 14.0 Å². The Morgan fingerprint density at radius 1 is 1.38 bits per heavy atom. The summed E-state index contributed by atoms with van der Waals surface area (Å²) in [6.45, 7) is 2.44. The van der Waals surface area contributed by atoms with Gasteiger partial charge in [-0.05, 0) is 6.92 Å². The zero-order valence-corrected chi connectivity index (χ0v) is 11.9. The molecule has 1 heterocycles. The Bertz CT molecular complexity index is 514. The lowest BCUT2D eigenvalue weighted by Crippen LogP contribution is -2.42. The van der Waals surface area contributed by atoms with E-state index in [2.05, 4.69) is 21.0 Å². The molecular weight excluding hydrogens is 278 g/mol. The quantitative estimate of drug-likeness (QED) is 0.533. The molecule has 0 aliphatic rings. The summed E-state index contributed by atoms with van der Waals surface area (Å²) in [5.41, 5.74) is 0.365. The van der Waals surface area contributed by atoms with Crippen LogP contribution in [0.4, 0.5) is 4.79 Å². The maximum Gasteiger partial charge on any atom is 0.331 e. The summed E-state index contributed by atoms with van der Waals surface area (Å²) < 4.78 is 1.44. The number of carbonyl (C=O) groups is 3. The molecular formula is C12H19N5O4. The van der Waals surface area contributed by atoms with Crippen LogP contribution in [0.1, 0.15) is 24.9 Å². The average molecular weight is 297 g/mol. The average Bonchev–Trinajstić information content (AvgIpc) is 2.82. The Labute approximate surface area is 121 Å². The van der Waals surface area contributed by atoms with Gasteiger partial charge in [0.25, 0.3) is 0 Å².